The Balaban J connectivity index is 0.000000490. The van der Waals surface area contributed by atoms with Crippen molar-refractivity contribution < 1.29 is 4.42 Å². The summed E-state index contributed by atoms with van der Waals surface area (Å²) in [4.78, 5) is 0. The fraction of sp³-hybridized carbons (Fsp3) is 0.333. The van der Waals surface area contributed by atoms with Crippen LogP contribution in [0, 0.1) is 13.8 Å². The number of hydrogen-bond donors (Lipinski definition) is 1. The van der Waals surface area contributed by atoms with Crippen LogP contribution >= 0.6 is 0 Å². The highest BCUT2D eigenvalue weighted by atomic mass is 16.3. The summed E-state index contributed by atoms with van der Waals surface area (Å²) in [6.45, 7) is 3.88. The van der Waals surface area contributed by atoms with Gasteiger partial charge in [0.15, 0.2) is 0 Å². The standard InChI is InChI=1S/C6H8O.H3N/c1-5-3-4-6(2)7-5;/h3-4H,1-2H3;1H3. The van der Waals surface area contributed by atoms with Crippen LogP contribution in [0.3, 0.4) is 0 Å². The Kier molecular flexibility index (Phi) is 2.28. The van der Waals surface area contributed by atoms with Crippen molar-refractivity contribution in [2.75, 3.05) is 0 Å². The van der Waals surface area contributed by atoms with E-state index in [-0.39, 0.29) is 6.15 Å². The first-order valence-corrected chi connectivity index (χ1v) is 2.32. The zero-order chi connectivity index (χ0) is 5.28. The molecule has 0 atom stereocenters. The van der Waals surface area contributed by atoms with Crippen LogP contribution in [0.4, 0.5) is 0 Å². The number of hydrogen-bond acceptors (Lipinski definition) is 2. The molecule has 0 aliphatic heterocycles. The van der Waals surface area contributed by atoms with Gasteiger partial charge in [0.25, 0.3) is 0 Å². The van der Waals surface area contributed by atoms with Crippen molar-refractivity contribution in [2.24, 2.45) is 0 Å². The summed E-state index contributed by atoms with van der Waals surface area (Å²) in [6, 6.07) is 3.91. The molecule has 0 aliphatic rings. The van der Waals surface area contributed by atoms with Crippen LogP contribution in [0.25, 0.3) is 0 Å². The Morgan fingerprint density at radius 1 is 1.12 bits per heavy atom. The molecule has 1 aromatic rings. The lowest BCUT2D eigenvalue weighted by Crippen LogP contribution is -1.53. The minimum atomic E-state index is 0. The number of furan rings is 1. The average Bonchev–Trinajstić information content (AvgIpc) is 1.87. The first-order valence-electron chi connectivity index (χ1n) is 2.32. The number of rotatable bonds is 0. The van der Waals surface area contributed by atoms with Gasteiger partial charge in [-0.3, -0.25) is 0 Å². The fourth-order valence-corrected chi connectivity index (χ4v) is 0.557. The Labute approximate surface area is 49.1 Å². The van der Waals surface area contributed by atoms with Gasteiger partial charge in [-0.25, -0.2) is 0 Å². The van der Waals surface area contributed by atoms with E-state index in [9.17, 15) is 0 Å². The molecule has 3 N–H and O–H groups in total. The van der Waals surface area contributed by atoms with Crippen LogP contribution in [0.15, 0.2) is 16.5 Å². The predicted octanol–water partition coefficient (Wildman–Crippen LogP) is 2.06. The van der Waals surface area contributed by atoms with Gasteiger partial charge >= 0.3 is 0 Å². The SMILES string of the molecule is Cc1ccc(C)o1.N. The summed E-state index contributed by atoms with van der Waals surface area (Å²) in [5, 5.41) is 0. The Bertz CT molecular complexity index is 141. The largest absolute Gasteiger partial charge is 0.467 e. The molecule has 0 saturated carbocycles. The van der Waals surface area contributed by atoms with Gasteiger partial charge in [-0.15, -0.1) is 0 Å². The van der Waals surface area contributed by atoms with E-state index in [1.807, 2.05) is 26.0 Å². The van der Waals surface area contributed by atoms with Gasteiger partial charge in [0, 0.05) is 0 Å². The number of aryl methyl sites for hydroxylation is 2. The van der Waals surface area contributed by atoms with Crippen molar-refractivity contribution in [2.45, 2.75) is 13.8 Å². The maximum Gasteiger partial charge on any atom is 0.101 e. The van der Waals surface area contributed by atoms with Crippen molar-refractivity contribution in [3.05, 3.63) is 23.7 Å². The van der Waals surface area contributed by atoms with E-state index in [4.69, 9.17) is 4.42 Å². The highest BCUT2D eigenvalue weighted by molar-refractivity contribution is 5.02. The van der Waals surface area contributed by atoms with Gasteiger partial charge in [0.05, 0.1) is 0 Å². The molecule has 0 saturated heterocycles. The molecular formula is C6H11NO. The van der Waals surface area contributed by atoms with Gasteiger partial charge in [-0.05, 0) is 26.0 Å². The summed E-state index contributed by atoms with van der Waals surface area (Å²) in [7, 11) is 0. The molecule has 8 heavy (non-hydrogen) atoms. The maximum absolute atomic E-state index is 5.08. The second-order valence-corrected chi connectivity index (χ2v) is 1.66. The van der Waals surface area contributed by atoms with Crippen LogP contribution in [0.1, 0.15) is 11.5 Å². The quantitative estimate of drug-likeness (QED) is 0.559. The second-order valence-electron chi connectivity index (χ2n) is 1.66. The van der Waals surface area contributed by atoms with Crippen LogP contribution in [0.5, 0.6) is 0 Å². The molecule has 0 unspecified atom stereocenters. The van der Waals surface area contributed by atoms with Crippen LogP contribution < -0.4 is 6.15 Å². The molecule has 0 radical (unpaired) electrons. The van der Waals surface area contributed by atoms with Crippen LogP contribution in [0.2, 0.25) is 0 Å². The van der Waals surface area contributed by atoms with Crippen molar-refractivity contribution in [3.8, 4) is 0 Å². The van der Waals surface area contributed by atoms with E-state index >= 15 is 0 Å². The van der Waals surface area contributed by atoms with Crippen LogP contribution in [-0.4, -0.2) is 0 Å². The lowest BCUT2D eigenvalue weighted by Gasteiger charge is -1.76. The highest BCUT2D eigenvalue weighted by Gasteiger charge is 1.85. The third-order valence-electron chi connectivity index (χ3n) is 0.875. The van der Waals surface area contributed by atoms with E-state index in [2.05, 4.69) is 0 Å². The lowest BCUT2D eigenvalue weighted by molar-refractivity contribution is 0.504. The van der Waals surface area contributed by atoms with Gasteiger partial charge in [-0.2, -0.15) is 0 Å². The normalized spacial score (nSPS) is 8.25. The highest BCUT2D eigenvalue weighted by Crippen LogP contribution is 2.02. The molecule has 46 valence electrons. The van der Waals surface area contributed by atoms with E-state index in [0.717, 1.165) is 11.5 Å². The summed E-state index contributed by atoms with van der Waals surface area (Å²) >= 11 is 0. The minimum Gasteiger partial charge on any atom is -0.467 e. The van der Waals surface area contributed by atoms with E-state index < -0.39 is 0 Å². The molecule has 0 aromatic carbocycles. The minimum absolute atomic E-state index is 0. The third kappa shape index (κ3) is 1.39. The summed E-state index contributed by atoms with van der Waals surface area (Å²) in [5.41, 5.74) is 0. The molecular weight excluding hydrogens is 102 g/mol. The summed E-state index contributed by atoms with van der Waals surface area (Å²) in [5.74, 6) is 1.97. The van der Waals surface area contributed by atoms with Gasteiger partial charge in [-0.1, -0.05) is 0 Å². The van der Waals surface area contributed by atoms with E-state index in [1.165, 1.54) is 0 Å². The molecule has 1 aromatic heterocycles. The summed E-state index contributed by atoms with van der Waals surface area (Å²) < 4.78 is 5.08. The topological polar surface area (TPSA) is 48.1 Å². The monoisotopic (exact) mass is 113 g/mol. The van der Waals surface area contributed by atoms with Crippen LogP contribution in [-0.2, 0) is 0 Å². The molecule has 2 heteroatoms. The van der Waals surface area contributed by atoms with E-state index in [0.29, 0.717) is 0 Å². The Morgan fingerprint density at radius 2 is 1.50 bits per heavy atom. The smallest absolute Gasteiger partial charge is 0.101 e. The van der Waals surface area contributed by atoms with Gasteiger partial charge < -0.3 is 10.6 Å². The zero-order valence-electron chi connectivity index (χ0n) is 5.27. The molecule has 1 heterocycles. The van der Waals surface area contributed by atoms with Crippen molar-refractivity contribution in [1.29, 1.82) is 0 Å². The second kappa shape index (κ2) is 2.52. The lowest BCUT2D eigenvalue weighted by atomic mass is 10.5. The molecule has 0 fully saturated rings. The molecule has 0 bridgehead atoms. The first-order chi connectivity index (χ1) is 3.29. The molecule has 0 spiro atoms. The molecule has 0 amide bonds. The third-order valence-corrected chi connectivity index (χ3v) is 0.875. The van der Waals surface area contributed by atoms with Crippen molar-refractivity contribution >= 4 is 0 Å². The molecule has 0 aliphatic carbocycles. The molecule has 2 nitrogen and oxygen atoms in total. The van der Waals surface area contributed by atoms with Gasteiger partial charge in [0.1, 0.15) is 11.5 Å². The van der Waals surface area contributed by atoms with Crippen molar-refractivity contribution in [3.63, 3.8) is 0 Å². The van der Waals surface area contributed by atoms with Crippen molar-refractivity contribution in [1.82, 2.24) is 6.15 Å². The van der Waals surface area contributed by atoms with E-state index in [1.54, 1.807) is 0 Å². The Hall–Kier alpha value is -0.760. The molecule has 1 rings (SSSR count). The Morgan fingerprint density at radius 3 is 1.62 bits per heavy atom. The zero-order valence-corrected chi connectivity index (χ0v) is 5.27. The fourth-order valence-electron chi connectivity index (χ4n) is 0.557. The predicted molar refractivity (Wildman–Crippen MR) is 33.2 cm³/mol. The average molecular weight is 113 g/mol. The summed E-state index contributed by atoms with van der Waals surface area (Å²) in [6.07, 6.45) is 0. The first kappa shape index (κ1) is 7.24. The van der Waals surface area contributed by atoms with Gasteiger partial charge in [0.2, 0.25) is 0 Å². The maximum atomic E-state index is 5.08.